The average Bonchev–Trinajstić information content (AvgIpc) is 0.864. The Morgan fingerprint density at radius 1 is 0.280 bits per heavy atom. The second-order valence-corrected chi connectivity index (χ2v) is 29.5. The summed E-state index contributed by atoms with van der Waals surface area (Å²) in [4.78, 5) is 4.77. The maximum atomic E-state index is 9.90. The van der Waals surface area contributed by atoms with Gasteiger partial charge in [-0.3, -0.25) is 0 Å². The number of para-hydroxylation sites is 2. The summed E-state index contributed by atoms with van der Waals surface area (Å²) >= 11 is 0. The van der Waals surface area contributed by atoms with Crippen LogP contribution in [0, 0.1) is 0 Å². The molecule has 0 radical (unpaired) electrons. The Morgan fingerprint density at radius 3 is 1.09 bits per heavy atom. The first kappa shape index (κ1) is 49.1. The summed E-state index contributed by atoms with van der Waals surface area (Å²) in [7, 11) is 0. The van der Waals surface area contributed by atoms with Crippen LogP contribution in [0.5, 0.6) is 0 Å². The van der Waals surface area contributed by atoms with Crippen LogP contribution >= 0.6 is 0 Å². The Kier molecular flexibility index (Phi) is 11.9. The highest BCUT2D eigenvalue weighted by molar-refractivity contribution is 7.00. The van der Waals surface area contributed by atoms with Gasteiger partial charge in [0.2, 0.25) is 0 Å². The third-order valence-corrected chi connectivity index (χ3v) is 20.1. The summed E-state index contributed by atoms with van der Waals surface area (Å²) in [5.41, 5.74) is 20.8. The number of hydrogen-bond acceptors (Lipinski definition) is 2. The zero-order chi connectivity index (χ0) is 79.5. The zero-order valence-electron chi connectivity index (χ0n) is 70.5. The molecule has 0 N–H and O–H groups in total. The minimum atomic E-state index is -0.694. The lowest BCUT2D eigenvalue weighted by molar-refractivity contribution is 0.590. The molecule has 14 aromatic carbocycles. The minimum Gasteiger partial charge on any atom is -0.310 e. The highest BCUT2D eigenvalue weighted by Gasteiger charge is 2.46. The number of hydrogen-bond donors (Lipinski definition) is 0. The fourth-order valence-electron chi connectivity index (χ4n) is 15.0. The second kappa shape index (κ2) is 24.2. The van der Waals surface area contributed by atoms with Gasteiger partial charge in [0.25, 0.3) is 6.71 Å². The molecule has 17 rings (SSSR count). The summed E-state index contributed by atoms with van der Waals surface area (Å²) < 4.78 is 124. The van der Waals surface area contributed by atoms with Gasteiger partial charge < -0.3 is 14.4 Å². The van der Waals surface area contributed by atoms with Crippen molar-refractivity contribution in [1.29, 1.82) is 0 Å². The number of benzene rings is 14. The van der Waals surface area contributed by atoms with E-state index in [1.807, 2.05) is 78.9 Å². The maximum Gasteiger partial charge on any atom is 0.252 e. The Bertz CT molecular complexity index is 6210. The van der Waals surface area contributed by atoms with Gasteiger partial charge in [0.15, 0.2) is 0 Å². The first-order chi connectivity index (χ1) is 53.9. The van der Waals surface area contributed by atoms with Gasteiger partial charge in [-0.05, 0) is 184 Å². The lowest BCUT2D eigenvalue weighted by Gasteiger charge is -2.47. The van der Waals surface area contributed by atoms with Crippen molar-refractivity contribution >= 4 is 79.0 Å². The van der Waals surface area contributed by atoms with Crippen LogP contribution in [-0.4, -0.2) is 11.3 Å². The SMILES string of the molecule is [2H]c1c([2H])c([2H])c(-c2ccc3c(c2)N(c2c(-c4ccccc4)cc(C(C)(C)C)cc2-c2ccccc2)c2cc(C(C)(C)C)cc4c2B3c2ccc(-n3c5c([2H])c([2H])c([2H])c([2H])c5c5c([2H])c([2H])c([2H])c([2H])c53)cc2N4c2c(-c3cccc(-c4ccccc4)c3)cc(C(C)(C)C)cc2-c2cccc(-c3ccccc3)c2)c([2H])c1[2H]. The van der Waals surface area contributed by atoms with E-state index in [1.165, 1.54) is 0 Å². The van der Waals surface area contributed by atoms with Crippen molar-refractivity contribution in [3.8, 4) is 83.6 Å². The molecule has 4 heteroatoms. The number of anilines is 6. The molecule has 15 aromatic rings. The molecular weight excluding hydrogens is 1210 g/mol. The molecule has 0 fully saturated rings. The molecule has 482 valence electrons. The molecule has 2 aliphatic rings. The molecular formula is C96H80BN3. The summed E-state index contributed by atoms with van der Waals surface area (Å²) in [6.45, 7) is 19.3. The summed E-state index contributed by atoms with van der Waals surface area (Å²) in [5.74, 6) is 0. The molecule has 100 heavy (non-hydrogen) atoms. The van der Waals surface area contributed by atoms with Crippen molar-refractivity contribution in [3.05, 3.63) is 338 Å². The van der Waals surface area contributed by atoms with E-state index >= 15 is 0 Å². The van der Waals surface area contributed by atoms with E-state index < -0.39 is 84.0 Å². The van der Waals surface area contributed by atoms with Crippen molar-refractivity contribution in [2.75, 3.05) is 9.80 Å². The number of nitrogens with zero attached hydrogens (tertiary/aromatic N) is 3. The Hall–Kier alpha value is -11.5. The number of rotatable bonds is 10. The molecule has 2 aliphatic heterocycles. The van der Waals surface area contributed by atoms with Crippen LogP contribution in [0.1, 0.15) is 96.8 Å². The van der Waals surface area contributed by atoms with Crippen LogP contribution in [-0.2, 0) is 16.2 Å². The summed E-state index contributed by atoms with van der Waals surface area (Å²) in [6, 6.07) is 78.7. The van der Waals surface area contributed by atoms with E-state index in [0.29, 0.717) is 22.6 Å². The fourth-order valence-corrected chi connectivity index (χ4v) is 15.0. The van der Waals surface area contributed by atoms with E-state index in [1.54, 1.807) is 4.57 Å². The topological polar surface area (TPSA) is 11.4 Å². The zero-order valence-corrected chi connectivity index (χ0v) is 57.5. The Balaban J connectivity index is 1.11. The van der Waals surface area contributed by atoms with Crippen molar-refractivity contribution < 1.29 is 17.8 Å². The van der Waals surface area contributed by atoms with Crippen molar-refractivity contribution in [3.63, 3.8) is 0 Å². The number of aromatic nitrogens is 1. The van der Waals surface area contributed by atoms with Crippen LogP contribution in [0.4, 0.5) is 34.1 Å². The van der Waals surface area contributed by atoms with Crippen LogP contribution in [0.3, 0.4) is 0 Å². The standard InChI is InChI=1S/C96H80BN3/c1-94(2,3)73-56-79(66-37-21-13-22-38-66)92(80(57-73)67-39-23-14-24-40-67)99-87-55-70(65-35-19-12-20-36-65)49-51-83(87)97-84-52-50-76(98-85-47-27-25-45-77(85)78-46-26-28-48-86(78)98)62-88(84)100(90-61-75(96(7,8)9)60-89(99)91(90)97)93-81(71-43-29-41-68(53-71)63-31-15-10-16-32-63)58-74(95(4,5)6)59-82(93)72-44-30-42-69(54-72)64-33-17-11-18-34-64/h10-62H,1-9H3/i12D,19D,20D,25D,26D,27D,28D,35D,36D,45D,46D,47D,48D. The third-order valence-electron chi connectivity index (χ3n) is 20.1. The van der Waals surface area contributed by atoms with Crippen LogP contribution < -0.4 is 26.2 Å². The fraction of sp³-hybridized carbons (Fsp3) is 0.125. The van der Waals surface area contributed by atoms with E-state index in [2.05, 4.69) is 236 Å². The predicted molar refractivity (Wildman–Crippen MR) is 429 cm³/mol. The first-order valence-electron chi connectivity index (χ1n) is 40.9. The molecule has 0 unspecified atom stereocenters. The van der Waals surface area contributed by atoms with E-state index in [0.717, 1.165) is 123 Å². The smallest absolute Gasteiger partial charge is 0.252 e. The van der Waals surface area contributed by atoms with Gasteiger partial charge >= 0.3 is 0 Å². The van der Waals surface area contributed by atoms with Gasteiger partial charge in [0.1, 0.15) is 0 Å². The molecule has 0 bridgehead atoms. The van der Waals surface area contributed by atoms with Gasteiger partial charge in [0.05, 0.1) is 40.2 Å². The van der Waals surface area contributed by atoms with Crippen molar-refractivity contribution in [1.82, 2.24) is 4.57 Å². The molecule has 0 saturated carbocycles. The molecule has 3 nitrogen and oxygen atoms in total. The molecule has 0 amide bonds. The van der Waals surface area contributed by atoms with Crippen molar-refractivity contribution in [2.45, 2.75) is 78.6 Å². The normalized spacial score (nSPS) is 14.6. The predicted octanol–water partition coefficient (Wildman–Crippen LogP) is 24.4. The van der Waals surface area contributed by atoms with E-state index in [-0.39, 0.29) is 44.9 Å². The van der Waals surface area contributed by atoms with Crippen molar-refractivity contribution in [2.24, 2.45) is 0 Å². The van der Waals surface area contributed by atoms with Crippen LogP contribution in [0.25, 0.3) is 105 Å². The highest BCUT2D eigenvalue weighted by atomic mass is 15.2. The molecule has 1 aromatic heterocycles. The largest absolute Gasteiger partial charge is 0.310 e. The lowest BCUT2D eigenvalue weighted by Crippen LogP contribution is -2.61. The third kappa shape index (κ3) is 10.8. The number of fused-ring (bicyclic) bond motifs is 7. The van der Waals surface area contributed by atoms with Gasteiger partial charge in [0, 0.05) is 61.5 Å². The lowest BCUT2D eigenvalue weighted by atomic mass is 9.33. The monoisotopic (exact) mass is 1300 g/mol. The maximum absolute atomic E-state index is 9.90. The summed E-state index contributed by atoms with van der Waals surface area (Å²) in [6.07, 6.45) is 0. The first-order valence-corrected chi connectivity index (χ1v) is 34.4. The van der Waals surface area contributed by atoms with Gasteiger partial charge in [-0.2, -0.15) is 0 Å². The quantitative estimate of drug-likeness (QED) is 0.126. The Morgan fingerprint density at radius 2 is 0.640 bits per heavy atom. The minimum absolute atomic E-state index is 0.0240. The van der Waals surface area contributed by atoms with E-state index in [4.69, 9.17) is 6.85 Å². The highest BCUT2D eigenvalue weighted by Crippen LogP contribution is 2.56. The van der Waals surface area contributed by atoms with Gasteiger partial charge in [-0.15, -0.1) is 0 Å². The van der Waals surface area contributed by atoms with Gasteiger partial charge in [-0.1, -0.05) is 305 Å². The average molecular weight is 1300 g/mol. The second-order valence-electron chi connectivity index (χ2n) is 29.5. The molecule has 0 aliphatic carbocycles. The molecule has 0 saturated heterocycles. The van der Waals surface area contributed by atoms with E-state index in [9.17, 15) is 11.0 Å². The molecule has 3 heterocycles. The Labute approximate surface area is 608 Å². The van der Waals surface area contributed by atoms with Gasteiger partial charge in [-0.25, -0.2) is 0 Å². The summed E-state index contributed by atoms with van der Waals surface area (Å²) in [5, 5.41) is -0.0966. The molecule has 0 atom stereocenters. The molecule has 0 spiro atoms. The van der Waals surface area contributed by atoms with Crippen LogP contribution in [0.2, 0.25) is 0 Å². The van der Waals surface area contributed by atoms with Crippen LogP contribution in [0.15, 0.2) is 321 Å².